The molecule has 0 bridgehead atoms. The van der Waals surface area contributed by atoms with Crippen molar-refractivity contribution in [2.45, 2.75) is 37.6 Å². The Kier molecular flexibility index (Phi) is 7.23. The van der Waals surface area contributed by atoms with Crippen molar-refractivity contribution >= 4 is 34.7 Å². The molecule has 0 radical (unpaired) electrons. The lowest BCUT2D eigenvalue weighted by Crippen LogP contribution is -2.56. The molecule has 25 heavy (non-hydrogen) atoms. The lowest BCUT2D eigenvalue weighted by molar-refractivity contribution is -0.131. The van der Waals surface area contributed by atoms with Crippen LogP contribution < -0.4 is 5.32 Å². The van der Waals surface area contributed by atoms with Crippen LogP contribution in [0.5, 0.6) is 0 Å². The van der Waals surface area contributed by atoms with Crippen LogP contribution >= 0.6 is 23.8 Å². The molecule has 138 valence electrons. The first-order chi connectivity index (χ1) is 11.9. The Morgan fingerprint density at radius 2 is 2.00 bits per heavy atom. The van der Waals surface area contributed by atoms with Gasteiger partial charge in [0.05, 0.1) is 0 Å². The normalized spacial score (nSPS) is 20.6. The topological polar surface area (TPSA) is 35.6 Å². The van der Waals surface area contributed by atoms with Crippen molar-refractivity contribution in [1.29, 1.82) is 0 Å². The molecule has 1 aliphatic carbocycles. The highest BCUT2D eigenvalue weighted by molar-refractivity contribution is 7.80. The van der Waals surface area contributed by atoms with Crippen molar-refractivity contribution < 1.29 is 4.79 Å². The van der Waals surface area contributed by atoms with Gasteiger partial charge in [-0.05, 0) is 64.6 Å². The largest absolute Gasteiger partial charge is 0.362 e. The fourth-order valence-electron chi connectivity index (χ4n) is 3.51. The van der Waals surface area contributed by atoms with E-state index in [0.29, 0.717) is 16.6 Å². The third-order valence-corrected chi connectivity index (χ3v) is 5.66. The van der Waals surface area contributed by atoms with Crippen molar-refractivity contribution in [3.8, 4) is 0 Å². The zero-order valence-electron chi connectivity index (χ0n) is 15.3. The second-order valence-corrected chi connectivity index (χ2v) is 7.71. The van der Waals surface area contributed by atoms with E-state index in [4.69, 9.17) is 23.8 Å². The number of nitrogens with one attached hydrogen (secondary N) is 1. The van der Waals surface area contributed by atoms with Crippen LogP contribution in [0.15, 0.2) is 24.3 Å². The first-order valence-corrected chi connectivity index (χ1v) is 9.63. The molecule has 0 saturated heterocycles. The summed E-state index contributed by atoms with van der Waals surface area (Å²) in [7, 11) is 6.02. The summed E-state index contributed by atoms with van der Waals surface area (Å²) in [4.78, 5) is 17.1. The van der Waals surface area contributed by atoms with E-state index < -0.39 is 5.54 Å². The molecule has 0 spiro atoms. The minimum Gasteiger partial charge on any atom is -0.362 e. The Morgan fingerprint density at radius 1 is 1.28 bits per heavy atom. The van der Waals surface area contributed by atoms with Crippen LogP contribution in [0, 0.1) is 0 Å². The molecule has 4 nitrogen and oxygen atoms in total. The summed E-state index contributed by atoms with van der Waals surface area (Å²) in [5.41, 5.74) is 0.101. The monoisotopic (exact) mass is 381 g/mol. The lowest BCUT2D eigenvalue weighted by Gasteiger charge is -2.45. The average Bonchev–Trinajstić information content (AvgIpc) is 2.59. The Hall–Kier alpha value is -1.17. The summed E-state index contributed by atoms with van der Waals surface area (Å²) in [6.07, 6.45) is 4.23. The molecule has 6 heteroatoms. The molecule has 1 N–H and O–H groups in total. The maximum Gasteiger partial charge on any atom is 0.169 e. The predicted octanol–water partition coefficient (Wildman–Crippen LogP) is 3.44. The molecule has 0 unspecified atom stereocenters. The number of thiocarbonyl (C=S) groups is 1. The Labute approximate surface area is 161 Å². The Morgan fingerprint density at radius 3 is 2.64 bits per heavy atom. The van der Waals surface area contributed by atoms with Crippen LogP contribution in [0.4, 0.5) is 0 Å². The third kappa shape index (κ3) is 4.52. The highest BCUT2D eigenvalue weighted by atomic mass is 35.5. The predicted molar refractivity (Wildman–Crippen MR) is 108 cm³/mol. The molecule has 0 amide bonds. The number of hydrogen-bond donors (Lipinski definition) is 1. The van der Waals surface area contributed by atoms with Gasteiger partial charge in [-0.1, -0.05) is 29.8 Å². The van der Waals surface area contributed by atoms with Crippen LogP contribution in [0.3, 0.4) is 0 Å². The van der Waals surface area contributed by atoms with E-state index in [0.717, 1.165) is 44.3 Å². The van der Waals surface area contributed by atoms with E-state index in [1.807, 2.05) is 36.2 Å². The standard InChI is InChI=1S/C19H28ClN3OS/c1-22(2)14-8-13-21-18(25)23(3)19(12-7-6-11-17(19)24)15-9-4-5-10-16(15)20/h4-5,9-10H,6-8,11-14H2,1-3H3,(H,21,25)/t19-/m1/s1. The van der Waals surface area contributed by atoms with E-state index in [1.54, 1.807) is 0 Å². The number of nitrogens with zero attached hydrogens (tertiary/aromatic N) is 2. The molecule has 1 atom stereocenters. The number of Topliss-reactive ketones (excluding diaryl/α,β-unsaturated/α-hetero) is 1. The van der Waals surface area contributed by atoms with Gasteiger partial charge in [0.1, 0.15) is 5.54 Å². The summed E-state index contributed by atoms with van der Waals surface area (Å²) < 4.78 is 0. The van der Waals surface area contributed by atoms with Crippen molar-refractivity contribution in [1.82, 2.24) is 15.1 Å². The lowest BCUT2D eigenvalue weighted by atomic mass is 9.74. The zero-order chi connectivity index (χ0) is 18.4. The van der Waals surface area contributed by atoms with Gasteiger partial charge in [0.15, 0.2) is 10.9 Å². The second-order valence-electron chi connectivity index (χ2n) is 6.92. The maximum atomic E-state index is 13.0. The van der Waals surface area contributed by atoms with E-state index in [1.165, 1.54) is 0 Å². The summed E-state index contributed by atoms with van der Waals surface area (Å²) in [6, 6.07) is 7.63. The van der Waals surface area contributed by atoms with Crippen LogP contribution in [0.25, 0.3) is 0 Å². The summed E-state index contributed by atoms with van der Waals surface area (Å²) in [5, 5.41) is 4.54. The van der Waals surface area contributed by atoms with E-state index in [9.17, 15) is 4.79 Å². The summed E-state index contributed by atoms with van der Waals surface area (Å²) in [5.74, 6) is 0.201. The minimum atomic E-state index is -0.762. The highest BCUT2D eigenvalue weighted by Gasteiger charge is 2.46. The number of ketones is 1. The Bertz CT molecular complexity index is 622. The molecule has 2 rings (SSSR count). The minimum absolute atomic E-state index is 0.201. The molecule has 0 heterocycles. The van der Waals surface area contributed by atoms with Gasteiger partial charge in [-0.2, -0.15) is 0 Å². The number of halogens is 1. The molecule has 0 aliphatic heterocycles. The molecular formula is C19H28ClN3OS. The Balaban J connectivity index is 2.22. The number of hydrogen-bond acceptors (Lipinski definition) is 3. The van der Waals surface area contributed by atoms with Gasteiger partial charge in [0, 0.05) is 30.6 Å². The van der Waals surface area contributed by atoms with Crippen molar-refractivity contribution in [3.05, 3.63) is 34.9 Å². The quantitative estimate of drug-likeness (QED) is 0.603. The van der Waals surface area contributed by atoms with Gasteiger partial charge < -0.3 is 15.1 Å². The van der Waals surface area contributed by atoms with Crippen LogP contribution in [0.2, 0.25) is 5.02 Å². The number of carbonyl (C=O) groups excluding carboxylic acids is 1. The fraction of sp³-hybridized carbons (Fsp3) is 0.579. The van der Waals surface area contributed by atoms with Gasteiger partial charge in [-0.3, -0.25) is 4.79 Å². The van der Waals surface area contributed by atoms with Crippen LogP contribution in [0.1, 0.15) is 37.7 Å². The molecule has 0 aromatic heterocycles. The van der Waals surface area contributed by atoms with Gasteiger partial charge in [-0.25, -0.2) is 0 Å². The highest BCUT2D eigenvalue weighted by Crippen LogP contribution is 2.42. The van der Waals surface area contributed by atoms with Crippen LogP contribution in [-0.4, -0.2) is 54.9 Å². The van der Waals surface area contributed by atoms with Gasteiger partial charge >= 0.3 is 0 Å². The molecule has 1 aromatic rings. The number of benzene rings is 1. The van der Waals surface area contributed by atoms with Crippen molar-refractivity contribution in [2.24, 2.45) is 0 Å². The van der Waals surface area contributed by atoms with Gasteiger partial charge in [0.25, 0.3) is 0 Å². The third-order valence-electron chi connectivity index (χ3n) is 4.91. The first-order valence-electron chi connectivity index (χ1n) is 8.84. The molecule has 1 aromatic carbocycles. The van der Waals surface area contributed by atoms with Crippen molar-refractivity contribution in [3.63, 3.8) is 0 Å². The number of rotatable bonds is 6. The molecule has 1 saturated carbocycles. The van der Waals surface area contributed by atoms with Gasteiger partial charge in [-0.15, -0.1) is 0 Å². The smallest absolute Gasteiger partial charge is 0.169 e. The first kappa shape index (κ1) is 20.1. The van der Waals surface area contributed by atoms with Crippen LogP contribution in [-0.2, 0) is 10.3 Å². The summed E-state index contributed by atoms with van der Waals surface area (Å²) >= 11 is 12.1. The summed E-state index contributed by atoms with van der Waals surface area (Å²) in [6.45, 7) is 1.78. The maximum absolute atomic E-state index is 13.0. The molecule has 1 aliphatic rings. The number of likely N-dealkylation sites (N-methyl/N-ethyl adjacent to an activating group) is 1. The SMILES string of the molecule is CN(C)CCCNC(=S)N(C)[C@@]1(c2ccccc2Cl)CCCCC1=O. The second kappa shape index (κ2) is 8.97. The van der Waals surface area contributed by atoms with E-state index in [2.05, 4.69) is 24.3 Å². The number of carbonyl (C=O) groups is 1. The fourth-order valence-corrected chi connectivity index (χ4v) is 4.06. The van der Waals surface area contributed by atoms with E-state index in [-0.39, 0.29) is 5.78 Å². The van der Waals surface area contributed by atoms with E-state index >= 15 is 0 Å². The molecule has 1 fully saturated rings. The van der Waals surface area contributed by atoms with Gasteiger partial charge in [0.2, 0.25) is 0 Å². The van der Waals surface area contributed by atoms with Crippen molar-refractivity contribution in [2.75, 3.05) is 34.2 Å². The zero-order valence-corrected chi connectivity index (χ0v) is 16.9. The average molecular weight is 382 g/mol. The molecular weight excluding hydrogens is 354 g/mol.